The fraction of sp³-hybridized carbons (Fsp3) is 0.692. The highest BCUT2D eigenvalue weighted by Crippen LogP contribution is 2.21. The molecule has 0 radical (unpaired) electrons. The molecule has 1 rings (SSSR count). The van der Waals surface area contributed by atoms with Crippen LogP contribution in [0.15, 0.2) is 12.7 Å². The van der Waals surface area contributed by atoms with E-state index in [1.807, 2.05) is 6.92 Å². The molecule has 0 aliphatic carbocycles. The van der Waals surface area contributed by atoms with Gasteiger partial charge in [-0.05, 0) is 32.6 Å². The lowest BCUT2D eigenvalue weighted by Crippen LogP contribution is -2.50. The van der Waals surface area contributed by atoms with Gasteiger partial charge < -0.3 is 15.3 Å². The molecule has 5 nitrogen and oxygen atoms in total. The number of hydrogen-bond donors (Lipinski definition) is 2. The summed E-state index contributed by atoms with van der Waals surface area (Å²) in [6.45, 7) is 6.20. The van der Waals surface area contributed by atoms with Gasteiger partial charge in [0.1, 0.15) is 0 Å². The Kier molecular flexibility index (Phi) is 5.68. The van der Waals surface area contributed by atoms with Gasteiger partial charge in [0.05, 0.1) is 0 Å². The van der Waals surface area contributed by atoms with Gasteiger partial charge in [0.25, 0.3) is 0 Å². The normalized spacial score (nSPS) is 21.2. The number of carbonyl (C=O) groups is 2. The number of urea groups is 1. The summed E-state index contributed by atoms with van der Waals surface area (Å²) in [4.78, 5) is 24.4. The lowest BCUT2D eigenvalue weighted by atomic mass is 9.98. The minimum absolute atomic E-state index is 0.0480. The summed E-state index contributed by atoms with van der Waals surface area (Å²) in [5.41, 5.74) is 0. The monoisotopic (exact) mass is 254 g/mol. The fourth-order valence-corrected chi connectivity index (χ4v) is 2.19. The molecule has 1 saturated heterocycles. The molecule has 5 heteroatoms. The van der Waals surface area contributed by atoms with Gasteiger partial charge in [-0.15, -0.1) is 6.58 Å². The summed E-state index contributed by atoms with van der Waals surface area (Å²) in [6.07, 6.45) is 5.26. The molecular formula is C13H22N2O3. The SMILES string of the molecule is C=CC(C)NC(=O)N1CCCCC1CCC(=O)O. The molecule has 2 amide bonds. The highest BCUT2D eigenvalue weighted by Gasteiger charge is 2.27. The van der Waals surface area contributed by atoms with E-state index in [0.717, 1.165) is 19.3 Å². The van der Waals surface area contributed by atoms with Crippen molar-refractivity contribution < 1.29 is 14.7 Å². The molecule has 0 spiro atoms. The van der Waals surface area contributed by atoms with Crippen LogP contribution in [0.2, 0.25) is 0 Å². The Bertz CT molecular complexity index is 317. The zero-order valence-corrected chi connectivity index (χ0v) is 10.9. The molecule has 2 N–H and O–H groups in total. The van der Waals surface area contributed by atoms with Crippen molar-refractivity contribution in [3.05, 3.63) is 12.7 Å². The van der Waals surface area contributed by atoms with Crippen LogP contribution in [-0.4, -0.2) is 40.6 Å². The van der Waals surface area contributed by atoms with E-state index in [2.05, 4.69) is 11.9 Å². The van der Waals surface area contributed by atoms with Gasteiger partial charge in [0.2, 0.25) is 0 Å². The number of aliphatic carboxylic acids is 1. The lowest BCUT2D eigenvalue weighted by molar-refractivity contribution is -0.137. The van der Waals surface area contributed by atoms with Crippen molar-refractivity contribution in [1.82, 2.24) is 10.2 Å². The van der Waals surface area contributed by atoms with Gasteiger partial charge in [-0.2, -0.15) is 0 Å². The first-order chi connectivity index (χ1) is 8.54. The van der Waals surface area contributed by atoms with E-state index in [1.165, 1.54) is 0 Å². The van der Waals surface area contributed by atoms with E-state index in [9.17, 15) is 9.59 Å². The third-order valence-corrected chi connectivity index (χ3v) is 3.28. The van der Waals surface area contributed by atoms with Crippen molar-refractivity contribution in [2.75, 3.05) is 6.54 Å². The van der Waals surface area contributed by atoms with Crippen LogP contribution in [0.1, 0.15) is 39.0 Å². The van der Waals surface area contributed by atoms with Crippen molar-refractivity contribution in [2.45, 2.75) is 51.1 Å². The summed E-state index contributed by atoms with van der Waals surface area (Å²) in [5.74, 6) is -0.805. The van der Waals surface area contributed by atoms with E-state index >= 15 is 0 Å². The van der Waals surface area contributed by atoms with Crippen molar-refractivity contribution in [3.8, 4) is 0 Å². The molecule has 0 aromatic carbocycles. The van der Waals surface area contributed by atoms with Crippen molar-refractivity contribution in [2.24, 2.45) is 0 Å². The number of carboxylic acid groups (broad SMARTS) is 1. The summed E-state index contributed by atoms with van der Waals surface area (Å²) in [7, 11) is 0. The van der Waals surface area contributed by atoms with Crippen molar-refractivity contribution in [3.63, 3.8) is 0 Å². The predicted molar refractivity (Wildman–Crippen MR) is 69.4 cm³/mol. The molecule has 2 atom stereocenters. The number of rotatable bonds is 5. The molecular weight excluding hydrogens is 232 g/mol. The van der Waals surface area contributed by atoms with Gasteiger partial charge in [0.15, 0.2) is 0 Å². The number of nitrogens with zero attached hydrogens (tertiary/aromatic N) is 1. The van der Waals surface area contributed by atoms with Gasteiger partial charge in [-0.3, -0.25) is 4.79 Å². The Hall–Kier alpha value is -1.52. The van der Waals surface area contributed by atoms with E-state index in [4.69, 9.17) is 5.11 Å². The Morgan fingerprint density at radius 2 is 2.28 bits per heavy atom. The Labute approximate surface area is 108 Å². The topological polar surface area (TPSA) is 69.6 Å². The maximum atomic E-state index is 12.0. The molecule has 1 aliphatic heterocycles. The number of carbonyl (C=O) groups excluding carboxylic acids is 1. The number of piperidine rings is 1. The van der Waals surface area contributed by atoms with Gasteiger partial charge in [-0.25, -0.2) is 4.79 Å². The molecule has 1 aliphatic rings. The predicted octanol–water partition coefficient (Wildman–Crippen LogP) is 1.99. The van der Waals surface area contributed by atoms with Gasteiger partial charge in [-0.1, -0.05) is 6.08 Å². The first-order valence-electron chi connectivity index (χ1n) is 6.46. The van der Waals surface area contributed by atoms with E-state index < -0.39 is 5.97 Å². The summed E-state index contributed by atoms with van der Waals surface area (Å²) in [6, 6.07) is -0.135. The number of likely N-dealkylation sites (tertiary alicyclic amines) is 1. The largest absolute Gasteiger partial charge is 0.481 e. The van der Waals surface area contributed by atoms with E-state index in [0.29, 0.717) is 13.0 Å². The average Bonchev–Trinajstić information content (AvgIpc) is 2.36. The number of carboxylic acids is 1. The minimum Gasteiger partial charge on any atom is -0.481 e. The Morgan fingerprint density at radius 1 is 1.56 bits per heavy atom. The van der Waals surface area contributed by atoms with Gasteiger partial charge >= 0.3 is 12.0 Å². The molecule has 0 saturated carbocycles. The first-order valence-corrected chi connectivity index (χ1v) is 6.46. The highest BCUT2D eigenvalue weighted by molar-refractivity contribution is 5.75. The maximum Gasteiger partial charge on any atom is 0.318 e. The maximum absolute atomic E-state index is 12.0. The quantitative estimate of drug-likeness (QED) is 0.737. The average molecular weight is 254 g/mol. The van der Waals surface area contributed by atoms with E-state index in [1.54, 1.807) is 11.0 Å². The molecule has 0 bridgehead atoms. The fourth-order valence-electron chi connectivity index (χ4n) is 2.19. The van der Waals surface area contributed by atoms with Gasteiger partial charge in [0, 0.05) is 25.0 Å². The third kappa shape index (κ3) is 4.39. The first kappa shape index (κ1) is 14.5. The summed E-state index contributed by atoms with van der Waals surface area (Å²) < 4.78 is 0. The molecule has 2 unspecified atom stereocenters. The summed E-state index contributed by atoms with van der Waals surface area (Å²) in [5, 5.41) is 11.6. The van der Waals surface area contributed by atoms with Crippen LogP contribution >= 0.6 is 0 Å². The van der Waals surface area contributed by atoms with Crippen LogP contribution in [0.5, 0.6) is 0 Å². The van der Waals surface area contributed by atoms with Crippen LogP contribution < -0.4 is 5.32 Å². The second-order valence-electron chi connectivity index (χ2n) is 4.75. The zero-order valence-electron chi connectivity index (χ0n) is 10.9. The molecule has 1 heterocycles. The molecule has 0 aromatic rings. The number of hydrogen-bond acceptors (Lipinski definition) is 2. The van der Waals surface area contributed by atoms with Crippen LogP contribution in [0.3, 0.4) is 0 Å². The second kappa shape index (κ2) is 7.03. The Balaban J connectivity index is 2.55. The number of amides is 2. The zero-order chi connectivity index (χ0) is 13.5. The molecule has 102 valence electrons. The standard InChI is InChI=1S/C13H22N2O3/c1-3-10(2)14-13(18)15-9-5-4-6-11(15)7-8-12(16)17/h3,10-11H,1,4-9H2,2H3,(H,14,18)(H,16,17). The molecule has 1 fully saturated rings. The lowest BCUT2D eigenvalue weighted by Gasteiger charge is -2.36. The van der Waals surface area contributed by atoms with Crippen LogP contribution in [-0.2, 0) is 4.79 Å². The minimum atomic E-state index is -0.805. The second-order valence-corrected chi connectivity index (χ2v) is 4.75. The smallest absolute Gasteiger partial charge is 0.318 e. The molecule has 18 heavy (non-hydrogen) atoms. The van der Waals surface area contributed by atoms with Crippen LogP contribution in [0, 0.1) is 0 Å². The van der Waals surface area contributed by atoms with Crippen molar-refractivity contribution in [1.29, 1.82) is 0 Å². The van der Waals surface area contributed by atoms with Crippen LogP contribution in [0.4, 0.5) is 4.79 Å². The number of nitrogens with one attached hydrogen (secondary N) is 1. The Morgan fingerprint density at radius 3 is 2.89 bits per heavy atom. The van der Waals surface area contributed by atoms with Crippen LogP contribution in [0.25, 0.3) is 0 Å². The van der Waals surface area contributed by atoms with Crippen molar-refractivity contribution >= 4 is 12.0 Å². The summed E-state index contributed by atoms with van der Waals surface area (Å²) >= 11 is 0. The van der Waals surface area contributed by atoms with E-state index in [-0.39, 0.29) is 24.5 Å². The molecule has 0 aromatic heterocycles. The highest BCUT2D eigenvalue weighted by atomic mass is 16.4. The third-order valence-electron chi connectivity index (χ3n) is 3.28.